The van der Waals surface area contributed by atoms with Crippen LogP contribution in [0, 0.1) is 6.92 Å². The monoisotopic (exact) mass is 563 g/mol. The molecule has 0 saturated carbocycles. The van der Waals surface area contributed by atoms with Gasteiger partial charge in [-0.15, -0.1) is 0 Å². The molecule has 0 radical (unpaired) electrons. The molecule has 1 spiro atoms. The molecule has 2 aliphatic rings. The third-order valence-corrected chi connectivity index (χ3v) is 9.70. The molecule has 2 aliphatic heterocycles. The van der Waals surface area contributed by atoms with Crippen LogP contribution in [0.2, 0.25) is 0 Å². The molecule has 0 bridgehead atoms. The van der Waals surface area contributed by atoms with Crippen LogP contribution in [0.5, 0.6) is 0 Å². The Morgan fingerprint density at radius 2 is 1.70 bits per heavy atom. The zero-order valence-corrected chi connectivity index (χ0v) is 24.0. The molecule has 9 heteroatoms. The summed E-state index contributed by atoms with van der Waals surface area (Å²) in [6, 6.07) is 24.8. The highest BCUT2D eigenvalue weighted by molar-refractivity contribution is 7.90. The van der Waals surface area contributed by atoms with Gasteiger partial charge in [-0.2, -0.15) is 13.8 Å². The topological polar surface area (TPSA) is 96.5 Å². The molecule has 2 atom stereocenters. The summed E-state index contributed by atoms with van der Waals surface area (Å²) in [5.74, 6) is -0.410. The maximum Gasteiger partial charge on any atom is 0.321 e. The third-order valence-electron chi connectivity index (χ3n) is 8.16. The van der Waals surface area contributed by atoms with Crippen LogP contribution in [-0.2, 0) is 38.1 Å². The summed E-state index contributed by atoms with van der Waals surface area (Å²) in [4.78, 5) is 14.0. The fourth-order valence-corrected chi connectivity index (χ4v) is 7.31. The van der Waals surface area contributed by atoms with E-state index in [1.54, 1.807) is 0 Å². The number of nitrogens with one attached hydrogen (secondary N) is 3. The third kappa shape index (κ3) is 5.84. The van der Waals surface area contributed by atoms with Gasteiger partial charge in [-0.3, -0.25) is 10.1 Å². The smallest absolute Gasteiger partial charge is 0.321 e. The van der Waals surface area contributed by atoms with Crippen LogP contribution >= 0.6 is 0 Å². The molecule has 1 saturated heterocycles. The summed E-state index contributed by atoms with van der Waals surface area (Å²) in [7, 11) is -3.80. The minimum atomic E-state index is -3.80. The highest BCUT2D eigenvalue weighted by Gasteiger charge is 2.60. The van der Waals surface area contributed by atoms with Crippen LogP contribution in [0.3, 0.4) is 0 Å². The molecular weight excluding hydrogens is 524 g/mol. The Labute approximate surface area is 237 Å². The first-order valence-corrected chi connectivity index (χ1v) is 15.7. The number of para-hydroxylation sites is 1. The van der Waals surface area contributed by atoms with E-state index in [2.05, 4.69) is 22.1 Å². The number of ether oxygens (including phenoxy) is 1. The van der Waals surface area contributed by atoms with E-state index in [4.69, 9.17) is 4.74 Å². The molecule has 1 amide bonds. The van der Waals surface area contributed by atoms with Gasteiger partial charge in [0.25, 0.3) is 5.91 Å². The van der Waals surface area contributed by atoms with E-state index in [9.17, 15) is 13.2 Å². The quantitative estimate of drug-likeness (QED) is 0.328. The van der Waals surface area contributed by atoms with Crippen molar-refractivity contribution in [1.29, 1.82) is 0 Å². The minimum Gasteiger partial charge on any atom is -0.375 e. The number of amides is 1. The van der Waals surface area contributed by atoms with Gasteiger partial charge < -0.3 is 10.1 Å². The zero-order valence-electron chi connectivity index (χ0n) is 23.2. The van der Waals surface area contributed by atoms with Gasteiger partial charge in [-0.05, 0) is 44.0 Å². The first kappa shape index (κ1) is 28.4. The second-order valence-electron chi connectivity index (χ2n) is 11.1. The van der Waals surface area contributed by atoms with Gasteiger partial charge in [0.15, 0.2) is 5.69 Å². The molecule has 3 aromatic rings. The van der Waals surface area contributed by atoms with E-state index in [1.807, 2.05) is 79.7 Å². The SMILES string of the molecule is Cc1cccc(CNC(COCc2ccccc2)C(=O)N[N+]2(S(C)(=O)=O)CC3(CCNCC3)c3ccccc32)c1. The lowest BCUT2D eigenvalue weighted by atomic mass is 9.75. The van der Waals surface area contributed by atoms with Crippen molar-refractivity contribution in [2.45, 2.75) is 44.4 Å². The Hall–Kier alpha value is -3.08. The maximum absolute atomic E-state index is 14.0. The summed E-state index contributed by atoms with van der Waals surface area (Å²) in [6.45, 7) is 4.79. The largest absolute Gasteiger partial charge is 0.375 e. The number of sulfonamides is 1. The van der Waals surface area contributed by atoms with Crippen LogP contribution in [0.15, 0.2) is 78.9 Å². The molecule has 3 N–H and O–H groups in total. The molecule has 8 nitrogen and oxygen atoms in total. The number of hydrogen-bond acceptors (Lipinski definition) is 6. The number of nitrogens with zero attached hydrogens (tertiary/aromatic N) is 1. The normalized spacial score (nSPS) is 20.6. The second kappa shape index (κ2) is 11.8. The lowest BCUT2D eigenvalue weighted by Gasteiger charge is -2.36. The Balaban J connectivity index is 1.42. The van der Waals surface area contributed by atoms with E-state index in [0.29, 0.717) is 18.8 Å². The lowest BCUT2D eigenvalue weighted by Crippen LogP contribution is -2.68. The average Bonchev–Trinajstić information content (AvgIpc) is 3.21. The van der Waals surface area contributed by atoms with Crippen LogP contribution < -0.4 is 20.1 Å². The van der Waals surface area contributed by atoms with Gasteiger partial charge >= 0.3 is 10.0 Å². The number of fused-ring (bicyclic) bond motifs is 2. The van der Waals surface area contributed by atoms with Crippen LogP contribution in [0.25, 0.3) is 0 Å². The summed E-state index contributed by atoms with van der Waals surface area (Å²) < 4.78 is 32.6. The van der Waals surface area contributed by atoms with Gasteiger partial charge in [0.2, 0.25) is 0 Å². The van der Waals surface area contributed by atoms with Crippen LogP contribution in [-0.4, -0.2) is 52.9 Å². The molecule has 1 fully saturated rings. The van der Waals surface area contributed by atoms with Crippen molar-refractivity contribution >= 4 is 21.6 Å². The molecule has 212 valence electrons. The number of quaternary nitrogens is 1. The number of hydrogen-bond donors (Lipinski definition) is 3. The standard InChI is InChI=1S/C31H38N4O4S/c1-24-9-8-12-26(19-24)20-33-28(22-39-21-25-10-4-3-5-11-25)30(36)34-35(40(2,37)38)23-31(15-17-32-18-16-31)27-13-6-7-14-29(27)35/h3-14,19,28,32-33H,15-18,20-23H2,1-2H3/p+1. The number of benzene rings is 3. The fourth-order valence-electron chi connectivity index (χ4n) is 6.06. The number of aryl methyl sites for hydroxylation is 1. The minimum absolute atomic E-state index is 0.0903. The molecule has 2 unspecified atom stereocenters. The summed E-state index contributed by atoms with van der Waals surface area (Å²) in [6.07, 6.45) is 2.83. The fraction of sp³-hybridized carbons (Fsp3) is 0.387. The van der Waals surface area contributed by atoms with Crippen molar-refractivity contribution in [1.82, 2.24) is 20.1 Å². The van der Waals surface area contributed by atoms with Gasteiger partial charge in [-0.1, -0.05) is 82.4 Å². The molecule has 40 heavy (non-hydrogen) atoms. The van der Waals surface area contributed by atoms with Gasteiger partial charge in [0, 0.05) is 18.2 Å². The highest BCUT2D eigenvalue weighted by atomic mass is 32.2. The molecule has 0 aromatic heterocycles. The van der Waals surface area contributed by atoms with E-state index in [0.717, 1.165) is 48.2 Å². The lowest BCUT2D eigenvalue weighted by molar-refractivity contribution is -0.127. The molecule has 0 aliphatic carbocycles. The van der Waals surface area contributed by atoms with E-state index >= 15 is 0 Å². The Morgan fingerprint density at radius 3 is 2.42 bits per heavy atom. The first-order valence-electron chi connectivity index (χ1n) is 13.8. The maximum atomic E-state index is 14.0. The summed E-state index contributed by atoms with van der Waals surface area (Å²) in [5.41, 5.74) is 7.48. The predicted molar refractivity (Wildman–Crippen MR) is 158 cm³/mol. The number of piperidine rings is 1. The van der Waals surface area contributed by atoms with Crippen molar-refractivity contribution < 1.29 is 17.9 Å². The van der Waals surface area contributed by atoms with E-state index in [-0.39, 0.29) is 18.6 Å². The van der Waals surface area contributed by atoms with Crippen molar-refractivity contribution in [2.75, 3.05) is 32.5 Å². The van der Waals surface area contributed by atoms with Gasteiger partial charge in [0.1, 0.15) is 12.6 Å². The van der Waals surface area contributed by atoms with Gasteiger partial charge in [-0.25, -0.2) is 0 Å². The first-order chi connectivity index (χ1) is 19.2. The van der Waals surface area contributed by atoms with E-state index < -0.39 is 26.0 Å². The Kier molecular flexibility index (Phi) is 8.39. The van der Waals surface area contributed by atoms with Crippen molar-refractivity contribution in [2.24, 2.45) is 0 Å². The van der Waals surface area contributed by atoms with E-state index in [1.165, 1.54) is 6.26 Å². The molecule has 2 heterocycles. The van der Waals surface area contributed by atoms with Crippen molar-refractivity contribution in [3.8, 4) is 0 Å². The highest BCUT2D eigenvalue weighted by Crippen LogP contribution is 2.50. The summed E-state index contributed by atoms with van der Waals surface area (Å²) >= 11 is 0. The van der Waals surface area contributed by atoms with Gasteiger partial charge in [0.05, 0.1) is 24.9 Å². The summed E-state index contributed by atoms with van der Waals surface area (Å²) in [5, 5.41) is 6.73. The second-order valence-corrected chi connectivity index (χ2v) is 13.2. The predicted octanol–water partition coefficient (Wildman–Crippen LogP) is 3.30. The number of rotatable bonds is 10. The van der Waals surface area contributed by atoms with Crippen molar-refractivity contribution in [3.63, 3.8) is 0 Å². The number of carbonyl (C=O) groups excluding carboxylic acids is 1. The number of carbonyl (C=O) groups is 1. The van der Waals surface area contributed by atoms with Crippen molar-refractivity contribution in [3.05, 3.63) is 101 Å². The Bertz CT molecular complexity index is 1440. The average molecular weight is 564 g/mol. The Morgan fingerprint density at radius 1 is 1.00 bits per heavy atom. The zero-order chi connectivity index (χ0) is 28.2. The van der Waals surface area contributed by atoms with Crippen LogP contribution in [0.1, 0.15) is 35.1 Å². The van der Waals surface area contributed by atoms with Crippen LogP contribution in [0.4, 0.5) is 5.69 Å². The molecule has 3 aromatic carbocycles. The molecule has 5 rings (SSSR count). The molecular formula is C31H39N4O4S+.